The second-order valence-electron chi connectivity index (χ2n) is 7.19. The molecule has 0 radical (unpaired) electrons. The summed E-state index contributed by atoms with van der Waals surface area (Å²) in [4.78, 5) is 43.3. The maximum atomic E-state index is 12.9. The Hall–Kier alpha value is -3.13. The molecule has 3 rings (SSSR count). The van der Waals surface area contributed by atoms with Crippen LogP contribution in [0.2, 0.25) is 0 Å². The van der Waals surface area contributed by atoms with Crippen molar-refractivity contribution in [2.75, 3.05) is 19.0 Å². The molecule has 2 aromatic carbocycles. The number of thioether (sulfide) groups is 1. The fraction of sp³-hybridized carbons (Fsp3) is 0.304. The summed E-state index contributed by atoms with van der Waals surface area (Å²) in [5, 5.41) is 2.82. The van der Waals surface area contributed by atoms with Crippen LogP contribution >= 0.6 is 11.8 Å². The first kappa shape index (κ1) is 22.6. The minimum Gasteiger partial charge on any atom is -0.465 e. The molecule has 162 valence electrons. The number of hydrogen-bond donors (Lipinski definition) is 1. The molecule has 1 heterocycles. The summed E-state index contributed by atoms with van der Waals surface area (Å²) < 4.78 is 4.70. The van der Waals surface area contributed by atoms with E-state index in [9.17, 15) is 14.4 Å². The van der Waals surface area contributed by atoms with E-state index in [4.69, 9.17) is 4.74 Å². The maximum absolute atomic E-state index is 12.9. The zero-order chi connectivity index (χ0) is 22.5. The topological polar surface area (TPSA) is 88.1 Å². The lowest BCUT2D eigenvalue weighted by molar-refractivity contribution is -0.129. The van der Waals surface area contributed by atoms with E-state index in [0.29, 0.717) is 23.0 Å². The van der Waals surface area contributed by atoms with Gasteiger partial charge in [-0.15, -0.1) is 0 Å². The number of aliphatic imine (C=N–C) groups is 1. The molecule has 0 saturated carbocycles. The first-order chi connectivity index (χ1) is 14.8. The average Bonchev–Trinajstić information content (AvgIpc) is 2.75. The Morgan fingerprint density at radius 1 is 1.19 bits per heavy atom. The molecule has 0 bridgehead atoms. The number of rotatable bonds is 5. The van der Waals surface area contributed by atoms with Crippen molar-refractivity contribution < 1.29 is 19.1 Å². The lowest BCUT2D eigenvalue weighted by Crippen LogP contribution is -2.45. The van der Waals surface area contributed by atoms with Crippen molar-refractivity contribution in [1.29, 1.82) is 0 Å². The van der Waals surface area contributed by atoms with Crippen LogP contribution in [0.5, 0.6) is 0 Å². The van der Waals surface area contributed by atoms with Crippen LogP contribution in [-0.2, 0) is 14.3 Å². The van der Waals surface area contributed by atoms with Crippen molar-refractivity contribution in [2.24, 2.45) is 4.99 Å². The van der Waals surface area contributed by atoms with Crippen molar-refractivity contribution in [3.8, 4) is 0 Å². The first-order valence-corrected chi connectivity index (χ1v) is 10.8. The van der Waals surface area contributed by atoms with Gasteiger partial charge in [-0.1, -0.05) is 29.5 Å². The van der Waals surface area contributed by atoms with E-state index < -0.39 is 11.2 Å². The summed E-state index contributed by atoms with van der Waals surface area (Å²) in [6, 6.07) is 12.4. The molecule has 1 fully saturated rings. The number of amidine groups is 1. The molecule has 1 N–H and O–H groups in total. The molecule has 0 spiro atoms. The Morgan fingerprint density at radius 3 is 2.52 bits per heavy atom. The fourth-order valence-electron chi connectivity index (χ4n) is 3.22. The molecule has 0 aromatic heterocycles. The normalized spacial score (nSPS) is 17.5. The highest BCUT2D eigenvalue weighted by Crippen LogP contribution is 2.30. The van der Waals surface area contributed by atoms with Gasteiger partial charge in [-0.2, -0.15) is 0 Å². The average molecular weight is 440 g/mol. The van der Waals surface area contributed by atoms with Crippen molar-refractivity contribution in [3.05, 3.63) is 59.2 Å². The standard InChI is InChI=1S/C23H25N3O4S/c1-5-26-20(27)13-19(21(28)25-18-11-6-14(2)12-15(18)3)31-23(26)24-17-9-7-16(8-10-17)22(29)30-4/h6-12,19H,5,13H2,1-4H3,(H,25,28)/t19-/m1/s1. The molecular formula is C23H25N3O4S. The third-order valence-electron chi connectivity index (χ3n) is 4.90. The minimum atomic E-state index is -0.580. The summed E-state index contributed by atoms with van der Waals surface area (Å²) in [7, 11) is 1.32. The Morgan fingerprint density at radius 2 is 1.90 bits per heavy atom. The van der Waals surface area contributed by atoms with E-state index in [2.05, 4.69) is 10.3 Å². The van der Waals surface area contributed by atoms with Crippen molar-refractivity contribution in [3.63, 3.8) is 0 Å². The highest BCUT2D eigenvalue weighted by molar-refractivity contribution is 8.15. The third-order valence-corrected chi connectivity index (χ3v) is 6.09. The van der Waals surface area contributed by atoms with Crippen molar-refractivity contribution in [1.82, 2.24) is 4.90 Å². The lowest BCUT2D eigenvalue weighted by atomic mass is 10.1. The Bertz CT molecular complexity index is 1030. The first-order valence-electron chi connectivity index (χ1n) is 9.94. The van der Waals surface area contributed by atoms with Crippen molar-refractivity contribution >= 4 is 46.1 Å². The van der Waals surface area contributed by atoms with Gasteiger partial charge in [-0.3, -0.25) is 14.5 Å². The molecule has 1 saturated heterocycles. The number of ether oxygens (including phenoxy) is 1. The fourth-order valence-corrected chi connectivity index (χ4v) is 4.38. The molecule has 0 unspecified atom stereocenters. The van der Waals surface area contributed by atoms with Gasteiger partial charge in [0.2, 0.25) is 11.8 Å². The predicted molar refractivity (Wildman–Crippen MR) is 123 cm³/mol. The summed E-state index contributed by atoms with van der Waals surface area (Å²) in [6.45, 7) is 6.25. The number of methoxy groups -OCH3 is 1. The summed E-state index contributed by atoms with van der Waals surface area (Å²) in [5.74, 6) is -0.804. The molecule has 1 atom stereocenters. The number of hydrogen-bond acceptors (Lipinski definition) is 6. The third kappa shape index (κ3) is 5.32. The van der Waals surface area contributed by atoms with Gasteiger partial charge in [0.05, 0.1) is 18.4 Å². The number of anilines is 1. The number of nitrogens with zero attached hydrogens (tertiary/aromatic N) is 2. The number of esters is 1. The quantitative estimate of drug-likeness (QED) is 0.710. The smallest absolute Gasteiger partial charge is 0.337 e. The Labute approximate surface area is 185 Å². The summed E-state index contributed by atoms with van der Waals surface area (Å²) in [5.41, 5.74) is 3.81. The molecule has 7 nitrogen and oxygen atoms in total. The molecule has 8 heteroatoms. The van der Waals surface area contributed by atoms with Crippen LogP contribution in [0.25, 0.3) is 0 Å². The molecule has 1 aliphatic heterocycles. The number of nitrogens with one attached hydrogen (secondary N) is 1. The number of amides is 2. The zero-order valence-corrected chi connectivity index (χ0v) is 18.8. The van der Waals surface area contributed by atoms with E-state index in [-0.39, 0.29) is 18.2 Å². The second kappa shape index (κ2) is 9.78. The van der Waals surface area contributed by atoms with Gasteiger partial charge in [-0.25, -0.2) is 9.79 Å². The van der Waals surface area contributed by atoms with E-state index in [0.717, 1.165) is 16.8 Å². The van der Waals surface area contributed by atoms with Crippen LogP contribution in [0.3, 0.4) is 0 Å². The van der Waals surface area contributed by atoms with Crippen LogP contribution < -0.4 is 5.32 Å². The van der Waals surface area contributed by atoms with Gasteiger partial charge in [-0.05, 0) is 56.7 Å². The van der Waals surface area contributed by atoms with Gasteiger partial charge in [0, 0.05) is 18.7 Å². The number of carbonyl (C=O) groups is 3. The molecule has 2 amide bonds. The van der Waals surface area contributed by atoms with Gasteiger partial charge >= 0.3 is 5.97 Å². The number of benzene rings is 2. The monoisotopic (exact) mass is 439 g/mol. The lowest BCUT2D eigenvalue weighted by Gasteiger charge is -2.31. The van der Waals surface area contributed by atoms with Crippen LogP contribution in [0.4, 0.5) is 11.4 Å². The van der Waals surface area contributed by atoms with Crippen molar-refractivity contribution in [2.45, 2.75) is 32.4 Å². The summed E-state index contributed by atoms with van der Waals surface area (Å²) >= 11 is 1.27. The van der Waals surface area contributed by atoms with Gasteiger partial charge in [0.1, 0.15) is 5.25 Å². The SMILES string of the molecule is CCN1C(=O)C[C@H](C(=O)Nc2ccc(C)cc2C)SC1=Nc1ccc(C(=O)OC)cc1. The van der Waals surface area contributed by atoms with Gasteiger partial charge in [0.15, 0.2) is 5.17 Å². The van der Waals surface area contributed by atoms with Gasteiger partial charge < -0.3 is 10.1 Å². The molecule has 2 aromatic rings. The number of carbonyl (C=O) groups excluding carboxylic acids is 3. The van der Waals surface area contributed by atoms with Gasteiger partial charge in [0.25, 0.3) is 0 Å². The molecular weight excluding hydrogens is 414 g/mol. The highest BCUT2D eigenvalue weighted by Gasteiger charge is 2.35. The van der Waals surface area contributed by atoms with Crippen LogP contribution in [0.1, 0.15) is 34.8 Å². The van der Waals surface area contributed by atoms with E-state index in [1.165, 1.54) is 18.9 Å². The molecule has 0 aliphatic carbocycles. The molecule has 31 heavy (non-hydrogen) atoms. The van der Waals surface area contributed by atoms with E-state index in [1.54, 1.807) is 29.2 Å². The minimum absolute atomic E-state index is 0.107. The zero-order valence-electron chi connectivity index (χ0n) is 18.0. The van der Waals surface area contributed by atoms with Crippen LogP contribution in [-0.4, -0.2) is 46.8 Å². The Balaban J connectivity index is 1.81. The van der Waals surface area contributed by atoms with E-state index >= 15 is 0 Å². The highest BCUT2D eigenvalue weighted by atomic mass is 32.2. The Kier molecular flexibility index (Phi) is 7.12. The molecule has 1 aliphatic rings. The number of aryl methyl sites for hydroxylation is 2. The largest absolute Gasteiger partial charge is 0.465 e. The summed E-state index contributed by atoms with van der Waals surface area (Å²) in [6.07, 6.45) is 0.107. The predicted octanol–water partition coefficient (Wildman–Crippen LogP) is 4.07. The van der Waals surface area contributed by atoms with E-state index in [1.807, 2.05) is 39.0 Å². The van der Waals surface area contributed by atoms with Crippen LogP contribution in [0, 0.1) is 13.8 Å². The van der Waals surface area contributed by atoms with Crippen LogP contribution in [0.15, 0.2) is 47.5 Å². The second-order valence-corrected chi connectivity index (χ2v) is 8.36. The maximum Gasteiger partial charge on any atom is 0.337 e.